The number of H-pyrrole nitrogens is 1. The van der Waals surface area contributed by atoms with Gasteiger partial charge in [-0.3, -0.25) is 19.6 Å². The summed E-state index contributed by atoms with van der Waals surface area (Å²) >= 11 is 1.36. The fourth-order valence-corrected chi connectivity index (χ4v) is 7.36. The highest BCUT2D eigenvalue weighted by Gasteiger charge is 2.52. The molecule has 4 heterocycles. The first-order chi connectivity index (χ1) is 23.0. The number of benzene rings is 3. The van der Waals surface area contributed by atoms with Crippen LogP contribution in [0, 0.1) is 5.82 Å². The summed E-state index contributed by atoms with van der Waals surface area (Å²) in [7, 11) is 0. The zero-order valence-corrected chi connectivity index (χ0v) is 27.0. The van der Waals surface area contributed by atoms with Crippen molar-refractivity contribution in [3.63, 3.8) is 0 Å². The number of carbonyl (C=O) groups excluding carboxylic acids is 3. The standard InChI is InChI=1S/C33H33FN8O5S/c1-18(2)42(32(45)36-14-19-6-9-22(34)10-7-19)40-17-28(43)41-24(13-20-8-11-25-23(12-20)37-33(46)47-25)30(44)39(16-27(40)41)15-21-4-3-5-26-29(21)38-31(35)48-26/h3-12,18,24,27H,13-17H2,1-2H3,(H2,35,38)(H,36,45)(H,37,46)/t24-,27+/m0/s1. The SMILES string of the molecule is CC(C)N(C(=O)NCc1ccc(F)cc1)N1CC(=O)N2[C@@H](Cc3ccc4oc(=O)[nH]c4c3)C(=O)N(Cc3cccc4sc(N)nc34)C[C@@H]21. The van der Waals surface area contributed by atoms with Crippen molar-refractivity contribution >= 4 is 55.6 Å². The highest BCUT2D eigenvalue weighted by Crippen LogP contribution is 2.33. The third-order valence-electron chi connectivity index (χ3n) is 8.69. The van der Waals surface area contributed by atoms with Crippen molar-refractivity contribution in [1.29, 1.82) is 0 Å². The molecular weight excluding hydrogens is 639 g/mol. The Kier molecular flexibility index (Phi) is 8.09. The first-order valence-corrected chi connectivity index (χ1v) is 16.3. The molecule has 2 atom stereocenters. The van der Waals surface area contributed by atoms with Gasteiger partial charge in [-0.15, -0.1) is 0 Å². The van der Waals surface area contributed by atoms with Gasteiger partial charge < -0.3 is 25.3 Å². The molecule has 0 bridgehead atoms. The molecule has 0 spiro atoms. The lowest BCUT2D eigenvalue weighted by Gasteiger charge is -2.47. The number of hydrogen-bond donors (Lipinski definition) is 3. The van der Waals surface area contributed by atoms with E-state index >= 15 is 0 Å². The van der Waals surface area contributed by atoms with Crippen LogP contribution in [-0.2, 0) is 29.1 Å². The lowest BCUT2D eigenvalue weighted by atomic mass is 9.99. The number of oxazole rings is 1. The number of nitrogens with two attached hydrogens (primary N) is 1. The second-order valence-electron chi connectivity index (χ2n) is 12.2. The largest absolute Gasteiger partial charge is 0.417 e. The number of nitrogens with zero attached hydrogens (tertiary/aromatic N) is 5. The van der Waals surface area contributed by atoms with Crippen molar-refractivity contribution in [3.05, 3.63) is 93.7 Å². The van der Waals surface area contributed by atoms with Crippen molar-refractivity contribution < 1.29 is 23.2 Å². The van der Waals surface area contributed by atoms with Crippen molar-refractivity contribution in [2.45, 2.75) is 51.6 Å². The molecule has 2 aromatic heterocycles. The number of fused-ring (bicyclic) bond motifs is 3. The number of aromatic nitrogens is 2. The van der Waals surface area contributed by atoms with Crippen LogP contribution in [0.5, 0.6) is 0 Å². The average Bonchev–Trinajstić information content (AvgIpc) is 3.71. The average molecular weight is 673 g/mol. The molecule has 2 aliphatic rings. The zero-order valence-electron chi connectivity index (χ0n) is 26.2. The van der Waals surface area contributed by atoms with Crippen LogP contribution in [-0.4, -0.2) is 79.0 Å². The second kappa shape index (κ2) is 12.4. The number of rotatable bonds is 8. The predicted molar refractivity (Wildman–Crippen MR) is 177 cm³/mol. The Bertz CT molecular complexity index is 2090. The number of piperazine rings is 1. The zero-order chi connectivity index (χ0) is 33.7. The number of hydrogen-bond acceptors (Lipinski definition) is 9. The summed E-state index contributed by atoms with van der Waals surface area (Å²) < 4.78 is 19.5. The van der Waals surface area contributed by atoms with Crippen LogP contribution < -0.4 is 16.8 Å². The number of aromatic amines is 1. The maximum Gasteiger partial charge on any atom is 0.417 e. The van der Waals surface area contributed by atoms with Crippen molar-refractivity contribution in [3.8, 4) is 0 Å². The van der Waals surface area contributed by atoms with Gasteiger partial charge in [-0.25, -0.2) is 19.0 Å². The van der Waals surface area contributed by atoms with Gasteiger partial charge in [-0.1, -0.05) is 41.7 Å². The first kappa shape index (κ1) is 31.3. The minimum absolute atomic E-state index is 0.114. The molecular formula is C33H33FN8O5S. The van der Waals surface area contributed by atoms with Gasteiger partial charge in [-0.05, 0) is 60.9 Å². The maximum atomic E-state index is 14.3. The highest BCUT2D eigenvalue weighted by atomic mass is 32.1. The van der Waals surface area contributed by atoms with Crippen LogP contribution in [0.25, 0.3) is 21.3 Å². The number of halogens is 1. The number of nitrogen functional groups attached to an aromatic ring is 1. The Morgan fingerprint density at radius 1 is 1.15 bits per heavy atom. The molecule has 15 heteroatoms. The number of amides is 4. The van der Waals surface area contributed by atoms with Crippen molar-refractivity contribution in [2.75, 3.05) is 18.8 Å². The van der Waals surface area contributed by atoms with Gasteiger partial charge in [0.15, 0.2) is 10.7 Å². The number of hydrazine groups is 1. The molecule has 0 unspecified atom stereocenters. The molecule has 0 aliphatic carbocycles. The molecule has 7 rings (SSSR count). The topological polar surface area (TPSA) is 161 Å². The maximum absolute atomic E-state index is 14.3. The molecule has 2 saturated heterocycles. The normalized spacial score (nSPS) is 18.3. The van der Waals surface area contributed by atoms with E-state index in [2.05, 4.69) is 15.3 Å². The van der Waals surface area contributed by atoms with E-state index in [0.717, 1.165) is 21.4 Å². The molecule has 4 N–H and O–H groups in total. The van der Waals surface area contributed by atoms with E-state index in [1.165, 1.54) is 28.5 Å². The third kappa shape index (κ3) is 5.86. The van der Waals surface area contributed by atoms with Crippen LogP contribution in [0.4, 0.5) is 14.3 Å². The third-order valence-corrected chi connectivity index (χ3v) is 9.54. The van der Waals surface area contributed by atoms with Crippen LogP contribution >= 0.6 is 11.3 Å². The predicted octanol–water partition coefficient (Wildman–Crippen LogP) is 3.41. The summed E-state index contributed by atoms with van der Waals surface area (Å²) in [6.45, 7) is 4.10. The molecule has 13 nitrogen and oxygen atoms in total. The summed E-state index contributed by atoms with van der Waals surface area (Å²) in [4.78, 5) is 64.1. The molecule has 2 fully saturated rings. The molecule has 48 heavy (non-hydrogen) atoms. The lowest BCUT2D eigenvalue weighted by molar-refractivity contribution is -0.158. The smallest absolute Gasteiger partial charge is 0.408 e. The summed E-state index contributed by atoms with van der Waals surface area (Å²) in [5.41, 5.74) is 9.85. The fourth-order valence-electron chi connectivity index (χ4n) is 6.58. The number of thiazole rings is 1. The van der Waals surface area contributed by atoms with E-state index in [4.69, 9.17) is 10.2 Å². The number of carbonyl (C=O) groups is 3. The summed E-state index contributed by atoms with van der Waals surface area (Å²) in [6.07, 6.45) is -0.489. The van der Waals surface area contributed by atoms with E-state index < -0.39 is 24.0 Å². The Labute approximate surface area is 277 Å². The first-order valence-electron chi connectivity index (χ1n) is 15.5. The van der Waals surface area contributed by atoms with E-state index in [9.17, 15) is 23.6 Å². The van der Waals surface area contributed by atoms with Crippen LogP contribution in [0.1, 0.15) is 30.5 Å². The number of nitrogens with one attached hydrogen (secondary N) is 2. The number of para-hydroxylation sites is 1. The van der Waals surface area contributed by atoms with E-state index in [1.54, 1.807) is 45.1 Å². The molecule has 0 saturated carbocycles. The van der Waals surface area contributed by atoms with Gasteiger partial charge in [0.2, 0.25) is 11.8 Å². The highest BCUT2D eigenvalue weighted by molar-refractivity contribution is 7.22. The Balaban J connectivity index is 1.22. The molecule has 3 aromatic carbocycles. The Morgan fingerprint density at radius 2 is 1.92 bits per heavy atom. The fraction of sp³-hybridized carbons (Fsp3) is 0.303. The summed E-state index contributed by atoms with van der Waals surface area (Å²) in [6, 6.07) is 15.1. The van der Waals surface area contributed by atoms with Gasteiger partial charge in [0.25, 0.3) is 0 Å². The van der Waals surface area contributed by atoms with Gasteiger partial charge in [0, 0.05) is 25.6 Å². The summed E-state index contributed by atoms with van der Waals surface area (Å²) in [5, 5.41) is 6.55. The van der Waals surface area contributed by atoms with Crippen LogP contribution in [0.3, 0.4) is 0 Å². The number of anilines is 1. The van der Waals surface area contributed by atoms with Crippen molar-refractivity contribution in [1.82, 2.24) is 35.1 Å². The Hall–Kier alpha value is -5.28. The van der Waals surface area contributed by atoms with E-state index in [1.807, 2.05) is 32.0 Å². The molecule has 4 amide bonds. The minimum atomic E-state index is -0.895. The van der Waals surface area contributed by atoms with Gasteiger partial charge in [0.05, 0.1) is 28.8 Å². The van der Waals surface area contributed by atoms with Crippen molar-refractivity contribution in [2.24, 2.45) is 0 Å². The molecule has 248 valence electrons. The van der Waals surface area contributed by atoms with Gasteiger partial charge >= 0.3 is 11.8 Å². The molecule has 2 aliphatic heterocycles. The van der Waals surface area contributed by atoms with Crippen LogP contribution in [0.15, 0.2) is 69.9 Å². The molecule has 0 radical (unpaired) electrons. The van der Waals surface area contributed by atoms with Gasteiger partial charge in [0.1, 0.15) is 18.0 Å². The summed E-state index contributed by atoms with van der Waals surface area (Å²) in [5.74, 6) is -1.50. The minimum Gasteiger partial charge on any atom is -0.408 e. The number of urea groups is 1. The monoisotopic (exact) mass is 672 g/mol. The van der Waals surface area contributed by atoms with E-state index in [-0.39, 0.29) is 56.3 Å². The Morgan fingerprint density at radius 3 is 2.69 bits per heavy atom. The second-order valence-corrected chi connectivity index (χ2v) is 13.3. The van der Waals surface area contributed by atoms with Crippen LogP contribution in [0.2, 0.25) is 0 Å². The lowest BCUT2D eigenvalue weighted by Crippen LogP contribution is -2.66. The van der Waals surface area contributed by atoms with E-state index in [0.29, 0.717) is 21.7 Å². The molecule has 5 aromatic rings. The van der Waals surface area contributed by atoms with Gasteiger partial charge in [-0.2, -0.15) is 5.01 Å². The quantitative estimate of drug-likeness (QED) is 0.226.